The van der Waals surface area contributed by atoms with E-state index in [0.29, 0.717) is 13.0 Å². The first kappa shape index (κ1) is 11.8. The molecule has 0 saturated carbocycles. The molecule has 2 rings (SSSR count). The van der Waals surface area contributed by atoms with Gasteiger partial charge in [0.05, 0.1) is 0 Å². The van der Waals surface area contributed by atoms with E-state index in [1.54, 1.807) is 0 Å². The zero-order chi connectivity index (χ0) is 12.4. The van der Waals surface area contributed by atoms with Crippen LogP contribution in [0.15, 0.2) is 0 Å². The van der Waals surface area contributed by atoms with Gasteiger partial charge in [-0.05, 0) is 19.3 Å². The first-order chi connectivity index (χ1) is 8.11. The van der Waals surface area contributed by atoms with E-state index in [1.165, 1.54) is 4.90 Å². The topological polar surface area (TPSA) is 99.2 Å². The highest BCUT2D eigenvalue weighted by molar-refractivity contribution is 6.32. The van der Waals surface area contributed by atoms with Crippen LogP contribution in [0.4, 0.5) is 0 Å². The largest absolute Gasteiger partial charge is 0.480 e. The summed E-state index contributed by atoms with van der Waals surface area (Å²) in [6, 6.07) is -0.802. The molecule has 0 aliphatic carbocycles. The van der Waals surface area contributed by atoms with E-state index in [9.17, 15) is 9.59 Å². The minimum atomic E-state index is -1.00. The van der Waals surface area contributed by atoms with Crippen LogP contribution in [-0.4, -0.2) is 49.9 Å². The van der Waals surface area contributed by atoms with Gasteiger partial charge in [-0.1, -0.05) is 11.6 Å². The predicted molar refractivity (Wildman–Crippen MR) is 57.7 cm³/mol. The lowest BCUT2D eigenvalue weighted by atomic mass is 10.0. The molecule has 1 aliphatic heterocycles. The number of carboxylic acids is 1. The fourth-order valence-corrected chi connectivity index (χ4v) is 2.08. The number of aromatic amines is 1. The van der Waals surface area contributed by atoms with Crippen molar-refractivity contribution < 1.29 is 14.7 Å². The van der Waals surface area contributed by atoms with Gasteiger partial charge in [0.25, 0.3) is 5.91 Å². The molecular weight excluding hydrogens is 248 g/mol. The average molecular weight is 259 g/mol. The number of nitrogens with one attached hydrogen (secondary N) is 1. The molecule has 2 heterocycles. The van der Waals surface area contributed by atoms with E-state index in [4.69, 9.17) is 16.7 Å². The molecule has 0 bridgehead atoms. The number of aliphatic carboxylic acids is 1. The first-order valence-electron chi connectivity index (χ1n) is 5.21. The molecule has 7 nitrogen and oxygen atoms in total. The predicted octanol–water partition coefficient (Wildman–Crippen LogP) is 0.537. The molecule has 0 spiro atoms. The number of rotatable bonds is 2. The van der Waals surface area contributed by atoms with E-state index in [1.807, 2.05) is 0 Å². The van der Waals surface area contributed by atoms with Crippen LogP contribution in [0.1, 0.15) is 29.8 Å². The third-order valence-electron chi connectivity index (χ3n) is 2.76. The van der Waals surface area contributed by atoms with Crippen LogP contribution in [-0.2, 0) is 4.79 Å². The number of hydrogen-bond acceptors (Lipinski definition) is 4. The maximum atomic E-state index is 12.1. The fourth-order valence-electron chi connectivity index (χ4n) is 1.92. The van der Waals surface area contributed by atoms with Gasteiger partial charge in [-0.2, -0.15) is 5.21 Å². The van der Waals surface area contributed by atoms with Crippen LogP contribution in [0.3, 0.4) is 0 Å². The van der Waals surface area contributed by atoms with Gasteiger partial charge in [0, 0.05) is 6.54 Å². The maximum absolute atomic E-state index is 12.1. The van der Waals surface area contributed by atoms with Crippen molar-refractivity contribution in [2.45, 2.75) is 25.3 Å². The van der Waals surface area contributed by atoms with E-state index < -0.39 is 17.9 Å². The normalized spacial score (nSPS) is 20.3. The minimum Gasteiger partial charge on any atom is -0.480 e. The molecular formula is C9H11ClN4O3. The number of likely N-dealkylation sites (tertiary alicyclic amines) is 1. The molecule has 92 valence electrons. The Bertz CT molecular complexity index is 447. The van der Waals surface area contributed by atoms with Crippen molar-refractivity contribution in [3.05, 3.63) is 10.8 Å². The van der Waals surface area contributed by atoms with E-state index >= 15 is 0 Å². The highest BCUT2D eigenvalue weighted by Crippen LogP contribution is 2.21. The van der Waals surface area contributed by atoms with Gasteiger partial charge in [-0.3, -0.25) is 4.79 Å². The van der Waals surface area contributed by atoms with Gasteiger partial charge in [-0.15, -0.1) is 10.2 Å². The number of carboxylic acid groups (broad SMARTS) is 1. The summed E-state index contributed by atoms with van der Waals surface area (Å²) < 4.78 is 0. The Labute approximate surface area is 102 Å². The summed E-state index contributed by atoms with van der Waals surface area (Å²) in [4.78, 5) is 24.4. The Morgan fingerprint density at radius 3 is 2.76 bits per heavy atom. The third kappa shape index (κ3) is 2.23. The van der Waals surface area contributed by atoms with Gasteiger partial charge in [-0.25, -0.2) is 4.79 Å². The van der Waals surface area contributed by atoms with Gasteiger partial charge in [0.1, 0.15) is 6.04 Å². The minimum absolute atomic E-state index is 0.0279. The van der Waals surface area contributed by atoms with Crippen molar-refractivity contribution in [3.8, 4) is 0 Å². The van der Waals surface area contributed by atoms with Crippen molar-refractivity contribution >= 4 is 23.5 Å². The Hall–Kier alpha value is -1.63. The summed E-state index contributed by atoms with van der Waals surface area (Å²) in [6.07, 6.45) is 2.04. The number of nitrogens with zero attached hydrogens (tertiary/aromatic N) is 3. The molecule has 1 saturated heterocycles. The molecule has 1 amide bonds. The maximum Gasteiger partial charge on any atom is 0.326 e. The lowest BCUT2D eigenvalue weighted by Gasteiger charge is -2.32. The summed E-state index contributed by atoms with van der Waals surface area (Å²) in [5.41, 5.74) is -0.0279. The molecule has 1 atom stereocenters. The molecule has 1 aliphatic rings. The zero-order valence-electron chi connectivity index (χ0n) is 8.89. The summed E-state index contributed by atoms with van der Waals surface area (Å²) in [6.45, 7) is 0.402. The van der Waals surface area contributed by atoms with Crippen LogP contribution in [0.25, 0.3) is 0 Å². The summed E-state index contributed by atoms with van der Waals surface area (Å²) in [7, 11) is 0. The number of H-pyrrole nitrogens is 1. The lowest BCUT2D eigenvalue weighted by Crippen LogP contribution is -2.48. The monoisotopic (exact) mass is 258 g/mol. The SMILES string of the molecule is O=C(O)[C@H]1CCCCN1C(=O)c1n[nH]nc1Cl. The van der Waals surface area contributed by atoms with Crippen LogP contribution in [0.2, 0.25) is 5.15 Å². The standard InChI is InChI=1S/C9H11ClN4O3/c10-7-6(11-13-12-7)8(15)14-4-2-1-3-5(14)9(16)17/h5H,1-4H2,(H,16,17)(H,11,12,13)/t5-/m1/s1. The number of aromatic nitrogens is 3. The van der Waals surface area contributed by atoms with Crippen LogP contribution in [0.5, 0.6) is 0 Å². The molecule has 0 radical (unpaired) electrons. The second kappa shape index (κ2) is 4.70. The van der Waals surface area contributed by atoms with E-state index in [-0.39, 0.29) is 10.8 Å². The van der Waals surface area contributed by atoms with Gasteiger partial charge < -0.3 is 10.0 Å². The Morgan fingerprint density at radius 1 is 1.41 bits per heavy atom. The third-order valence-corrected chi connectivity index (χ3v) is 3.02. The number of carbonyl (C=O) groups excluding carboxylic acids is 1. The van der Waals surface area contributed by atoms with Crippen LogP contribution in [0, 0.1) is 0 Å². The van der Waals surface area contributed by atoms with Crippen molar-refractivity contribution in [3.63, 3.8) is 0 Å². The summed E-state index contributed by atoms with van der Waals surface area (Å²) >= 11 is 5.68. The van der Waals surface area contributed by atoms with Crippen molar-refractivity contribution in [1.29, 1.82) is 0 Å². The molecule has 0 aromatic carbocycles. The van der Waals surface area contributed by atoms with Crippen LogP contribution < -0.4 is 0 Å². The van der Waals surface area contributed by atoms with Crippen molar-refractivity contribution in [2.24, 2.45) is 0 Å². The molecule has 2 N–H and O–H groups in total. The van der Waals surface area contributed by atoms with Crippen molar-refractivity contribution in [2.75, 3.05) is 6.54 Å². The first-order valence-corrected chi connectivity index (χ1v) is 5.59. The highest BCUT2D eigenvalue weighted by atomic mass is 35.5. The number of amides is 1. The molecule has 1 aromatic heterocycles. The van der Waals surface area contributed by atoms with Crippen LogP contribution >= 0.6 is 11.6 Å². The van der Waals surface area contributed by atoms with E-state index in [0.717, 1.165) is 12.8 Å². The number of hydrogen-bond donors (Lipinski definition) is 2. The smallest absolute Gasteiger partial charge is 0.326 e. The van der Waals surface area contributed by atoms with Gasteiger partial charge >= 0.3 is 5.97 Å². The summed E-state index contributed by atoms with van der Waals surface area (Å²) in [5, 5.41) is 18.4. The van der Waals surface area contributed by atoms with Gasteiger partial charge in [0.15, 0.2) is 10.8 Å². The van der Waals surface area contributed by atoms with E-state index in [2.05, 4.69) is 15.4 Å². The fraction of sp³-hybridized carbons (Fsp3) is 0.556. The number of piperidine rings is 1. The molecule has 1 fully saturated rings. The average Bonchev–Trinajstić information content (AvgIpc) is 2.74. The van der Waals surface area contributed by atoms with Gasteiger partial charge in [0.2, 0.25) is 0 Å². The Balaban J connectivity index is 2.23. The number of halogens is 1. The Kier molecular flexibility index (Phi) is 3.28. The lowest BCUT2D eigenvalue weighted by molar-refractivity contribution is -0.143. The molecule has 0 unspecified atom stereocenters. The second-order valence-corrected chi connectivity index (χ2v) is 4.17. The highest BCUT2D eigenvalue weighted by Gasteiger charge is 2.34. The summed E-state index contributed by atoms with van der Waals surface area (Å²) in [5.74, 6) is -1.49. The number of carbonyl (C=O) groups is 2. The zero-order valence-corrected chi connectivity index (χ0v) is 9.65. The Morgan fingerprint density at radius 2 is 2.18 bits per heavy atom. The molecule has 8 heteroatoms. The molecule has 1 aromatic rings. The second-order valence-electron chi connectivity index (χ2n) is 3.81. The molecule has 17 heavy (non-hydrogen) atoms. The van der Waals surface area contributed by atoms with Crippen molar-refractivity contribution in [1.82, 2.24) is 20.3 Å². The quantitative estimate of drug-likeness (QED) is 0.806.